The summed E-state index contributed by atoms with van der Waals surface area (Å²) in [6.45, 7) is 12.6. The summed E-state index contributed by atoms with van der Waals surface area (Å²) in [6, 6.07) is 0. The van der Waals surface area contributed by atoms with Crippen molar-refractivity contribution in [1.82, 2.24) is 0 Å². The van der Waals surface area contributed by atoms with Gasteiger partial charge in [0.1, 0.15) is 0 Å². The minimum Gasteiger partial charge on any atom is -0.350 e. The Kier molecular flexibility index (Phi) is 7.37. The lowest BCUT2D eigenvalue weighted by molar-refractivity contribution is -0.325. The van der Waals surface area contributed by atoms with Crippen molar-refractivity contribution in [2.45, 2.75) is 47.1 Å². The van der Waals surface area contributed by atoms with E-state index in [1.165, 1.54) is 0 Å². The van der Waals surface area contributed by atoms with Crippen molar-refractivity contribution < 1.29 is 22.7 Å². The Morgan fingerprint density at radius 2 is 1.19 bits per heavy atom. The van der Waals surface area contributed by atoms with E-state index in [1.807, 2.05) is 41.5 Å². The van der Waals surface area contributed by atoms with Gasteiger partial charge in [-0.1, -0.05) is 0 Å². The Balaban J connectivity index is 4.46. The molecule has 0 fully saturated rings. The lowest BCUT2D eigenvalue weighted by atomic mass is 10.2. The highest BCUT2D eigenvalue weighted by Crippen LogP contribution is 2.17. The van der Waals surface area contributed by atoms with Gasteiger partial charge < -0.3 is 13.3 Å². The smallest absolute Gasteiger partial charge is 0.350 e. The quantitative estimate of drug-likeness (QED) is 0.377. The SMILES string of the molecule is CCO[Si](OCC)(OCC)OOC(C)(C)C. The molecule has 0 radical (unpaired) electrons. The highest BCUT2D eigenvalue weighted by Gasteiger charge is 2.47. The summed E-state index contributed by atoms with van der Waals surface area (Å²) < 4.78 is 21.6. The second-order valence-corrected chi connectivity index (χ2v) is 6.11. The average molecular weight is 252 g/mol. The lowest BCUT2D eigenvalue weighted by Gasteiger charge is -2.28. The zero-order chi connectivity index (χ0) is 12.7. The van der Waals surface area contributed by atoms with Gasteiger partial charge in [-0.25, -0.2) is 4.89 Å². The molecule has 0 bridgehead atoms. The first-order valence-electron chi connectivity index (χ1n) is 5.67. The Hall–Kier alpha value is 0.0169. The minimum absolute atomic E-state index is 0.427. The second-order valence-electron chi connectivity index (χ2n) is 4.08. The minimum atomic E-state index is -3.13. The van der Waals surface area contributed by atoms with Gasteiger partial charge in [0.05, 0.1) is 5.60 Å². The number of hydrogen-bond donors (Lipinski definition) is 0. The lowest BCUT2D eigenvalue weighted by Crippen LogP contribution is -2.50. The van der Waals surface area contributed by atoms with Gasteiger partial charge in [0, 0.05) is 19.8 Å². The fourth-order valence-corrected chi connectivity index (χ4v) is 2.71. The summed E-state index contributed by atoms with van der Waals surface area (Å²) in [7, 11) is -3.13. The van der Waals surface area contributed by atoms with Gasteiger partial charge >= 0.3 is 9.05 Å². The van der Waals surface area contributed by atoms with Crippen LogP contribution in [0, 0.1) is 0 Å². The van der Waals surface area contributed by atoms with Gasteiger partial charge in [-0.15, -0.1) is 0 Å². The molecule has 0 unspecified atom stereocenters. The molecule has 0 rings (SSSR count). The van der Waals surface area contributed by atoms with Crippen LogP contribution < -0.4 is 0 Å². The Bertz CT molecular complexity index is 164. The number of hydrogen-bond acceptors (Lipinski definition) is 5. The van der Waals surface area contributed by atoms with E-state index in [9.17, 15) is 0 Å². The average Bonchev–Trinajstić information content (AvgIpc) is 2.15. The van der Waals surface area contributed by atoms with Gasteiger partial charge in [0.2, 0.25) is 0 Å². The molecule has 5 nitrogen and oxygen atoms in total. The van der Waals surface area contributed by atoms with E-state index in [1.54, 1.807) is 0 Å². The first-order valence-corrected chi connectivity index (χ1v) is 7.31. The van der Waals surface area contributed by atoms with Gasteiger partial charge in [-0.2, -0.15) is 4.58 Å². The zero-order valence-corrected chi connectivity index (χ0v) is 12.2. The zero-order valence-electron chi connectivity index (χ0n) is 11.2. The largest absolute Gasteiger partial charge is 0.707 e. The fraction of sp³-hybridized carbons (Fsp3) is 1.00. The normalized spacial score (nSPS) is 13.1. The molecule has 0 aliphatic rings. The Labute approximate surface area is 99.4 Å². The van der Waals surface area contributed by atoms with E-state index in [4.69, 9.17) is 22.7 Å². The molecule has 98 valence electrons. The van der Waals surface area contributed by atoms with E-state index >= 15 is 0 Å². The summed E-state index contributed by atoms with van der Waals surface area (Å²) in [5, 5.41) is 0. The van der Waals surface area contributed by atoms with Crippen molar-refractivity contribution in [3.8, 4) is 0 Å². The molecule has 16 heavy (non-hydrogen) atoms. The monoisotopic (exact) mass is 252 g/mol. The van der Waals surface area contributed by atoms with Crippen LogP contribution in [0.3, 0.4) is 0 Å². The Morgan fingerprint density at radius 1 is 0.812 bits per heavy atom. The van der Waals surface area contributed by atoms with Crippen molar-refractivity contribution in [3.05, 3.63) is 0 Å². The third-order valence-electron chi connectivity index (χ3n) is 1.36. The first kappa shape index (κ1) is 16.0. The molecular formula is C10H24O5Si. The van der Waals surface area contributed by atoms with Crippen LogP contribution >= 0.6 is 0 Å². The third-order valence-corrected chi connectivity index (χ3v) is 3.57. The highest BCUT2D eigenvalue weighted by atomic mass is 28.4. The molecule has 0 aliphatic carbocycles. The third kappa shape index (κ3) is 6.57. The molecule has 0 aromatic heterocycles. The van der Waals surface area contributed by atoms with Crippen molar-refractivity contribution >= 4 is 9.05 Å². The van der Waals surface area contributed by atoms with Crippen LogP contribution in [0.2, 0.25) is 0 Å². The van der Waals surface area contributed by atoms with Gasteiger partial charge in [0.15, 0.2) is 0 Å². The molecule has 0 saturated heterocycles. The van der Waals surface area contributed by atoms with Crippen molar-refractivity contribution in [1.29, 1.82) is 0 Å². The molecule has 0 N–H and O–H groups in total. The molecule has 0 atom stereocenters. The van der Waals surface area contributed by atoms with Crippen LogP contribution in [0.25, 0.3) is 0 Å². The molecule has 0 aromatic rings. The van der Waals surface area contributed by atoms with Crippen LogP contribution in [-0.4, -0.2) is 34.5 Å². The van der Waals surface area contributed by atoms with Crippen LogP contribution in [-0.2, 0) is 22.7 Å². The van der Waals surface area contributed by atoms with E-state index in [0.717, 1.165) is 0 Å². The van der Waals surface area contributed by atoms with Crippen LogP contribution in [0.15, 0.2) is 0 Å². The second kappa shape index (κ2) is 7.36. The van der Waals surface area contributed by atoms with Crippen LogP contribution in [0.1, 0.15) is 41.5 Å². The van der Waals surface area contributed by atoms with E-state index < -0.39 is 14.6 Å². The standard InChI is InChI=1S/C10H24O5Si/c1-7-11-16(12-8-2,13-9-3)15-14-10(4,5)6/h7-9H2,1-6H3. The molecular weight excluding hydrogens is 228 g/mol. The van der Waals surface area contributed by atoms with E-state index in [-0.39, 0.29) is 0 Å². The summed E-state index contributed by atoms with van der Waals surface area (Å²) in [4.78, 5) is 5.24. The van der Waals surface area contributed by atoms with E-state index in [0.29, 0.717) is 19.8 Å². The summed E-state index contributed by atoms with van der Waals surface area (Å²) >= 11 is 0. The topological polar surface area (TPSA) is 46.2 Å². The summed E-state index contributed by atoms with van der Waals surface area (Å²) in [5.74, 6) is 0. The van der Waals surface area contributed by atoms with E-state index in [2.05, 4.69) is 0 Å². The molecule has 0 aromatic carbocycles. The van der Waals surface area contributed by atoms with Crippen molar-refractivity contribution in [2.24, 2.45) is 0 Å². The maximum atomic E-state index is 5.45. The number of rotatable bonds is 8. The molecule has 6 heteroatoms. The van der Waals surface area contributed by atoms with Crippen molar-refractivity contribution in [2.75, 3.05) is 19.8 Å². The maximum absolute atomic E-state index is 5.45. The van der Waals surface area contributed by atoms with Gasteiger partial charge in [-0.3, -0.25) is 0 Å². The predicted molar refractivity (Wildman–Crippen MR) is 62.6 cm³/mol. The Morgan fingerprint density at radius 3 is 1.44 bits per heavy atom. The molecule has 0 aliphatic heterocycles. The molecule has 0 spiro atoms. The van der Waals surface area contributed by atoms with Crippen LogP contribution in [0.4, 0.5) is 0 Å². The van der Waals surface area contributed by atoms with Crippen molar-refractivity contribution in [3.63, 3.8) is 0 Å². The summed E-state index contributed by atoms with van der Waals surface area (Å²) in [5.41, 5.74) is -0.427. The first-order chi connectivity index (χ1) is 7.39. The molecule has 0 saturated carbocycles. The van der Waals surface area contributed by atoms with Gasteiger partial charge in [0.25, 0.3) is 0 Å². The highest BCUT2D eigenvalue weighted by molar-refractivity contribution is 6.53. The molecule has 0 heterocycles. The summed E-state index contributed by atoms with van der Waals surface area (Å²) in [6.07, 6.45) is 0. The maximum Gasteiger partial charge on any atom is 0.707 e. The van der Waals surface area contributed by atoms with Gasteiger partial charge in [-0.05, 0) is 41.5 Å². The predicted octanol–water partition coefficient (Wildman–Crippen LogP) is 2.28. The molecule has 0 amide bonds. The van der Waals surface area contributed by atoms with Crippen LogP contribution in [0.5, 0.6) is 0 Å². The fourth-order valence-electron chi connectivity index (χ4n) is 0.904.